The first-order chi connectivity index (χ1) is 13.7. The number of piperidine rings is 1. The van der Waals surface area contributed by atoms with Gasteiger partial charge in [0.05, 0.1) is 19.1 Å². The van der Waals surface area contributed by atoms with Gasteiger partial charge in [-0.3, -0.25) is 14.4 Å². The lowest BCUT2D eigenvalue weighted by Crippen LogP contribution is -2.40. The average molecular weight is 426 g/mol. The van der Waals surface area contributed by atoms with Crippen molar-refractivity contribution in [1.82, 2.24) is 9.21 Å². The maximum absolute atomic E-state index is 13.0. The number of carbonyl (C=O) groups excluding carboxylic acids is 3. The molecule has 1 aliphatic heterocycles. The van der Waals surface area contributed by atoms with Gasteiger partial charge in [0.2, 0.25) is 10.0 Å². The van der Waals surface area contributed by atoms with Gasteiger partial charge in [0.1, 0.15) is 13.1 Å². The summed E-state index contributed by atoms with van der Waals surface area (Å²) in [5.74, 6) is -2.08. The smallest absolute Gasteiger partial charge is 0.325 e. The Kier molecular flexibility index (Phi) is 7.74. The Bertz CT molecular complexity index is 859. The zero-order chi connectivity index (χ0) is 21.6. The zero-order valence-corrected chi connectivity index (χ0v) is 17.7. The van der Waals surface area contributed by atoms with E-state index < -0.39 is 41.0 Å². The SMILES string of the molecule is COC(=O)CN(CC(=O)OC)C(=O)c1cc(S(=O)(=O)N2CCCCC2)ccc1C. The van der Waals surface area contributed by atoms with Crippen molar-refractivity contribution in [2.24, 2.45) is 0 Å². The van der Waals surface area contributed by atoms with Crippen LogP contribution in [0.15, 0.2) is 23.1 Å². The van der Waals surface area contributed by atoms with Crippen molar-refractivity contribution in [1.29, 1.82) is 0 Å². The molecule has 1 amide bonds. The maximum atomic E-state index is 13.0. The highest BCUT2D eigenvalue weighted by Crippen LogP contribution is 2.23. The number of methoxy groups -OCH3 is 2. The van der Waals surface area contributed by atoms with Gasteiger partial charge in [-0.1, -0.05) is 12.5 Å². The topological polar surface area (TPSA) is 110 Å². The normalized spacial score (nSPS) is 14.9. The maximum Gasteiger partial charge on any atom is 0.325 e. The van der Waals surface area contributed by atoms with Crippen LogP contribution in [0.4, 0.5) is 0 Å². The Hall–Kier alpha value is -2.46. The number of amides is 1. The van der Waals surface area contributed by atoms with E-state index in [9.17, 15) is 22.8 Å². The summed E-state index contributed by atoms with van der Waals surface area (Å²) >= 11 is 0. The Morgan fingerprint density at radius 3 is 2.07 bits per heavy atom. The van der Waals surface area contributed by atoms with Gasteiger partial charge in [0, 0.05) is 18.7 Å². The van der Waals surface area contributed by atoms with E-state index in [0.29, 0.717) is 18.7 Å². The molecule has 1 aromatic rings. The van der Waals surface area contributed by atoms with E-state index in [0.717, 1.165) is 24.2 Å². The van der Waals surface area contributed by atoms with Crippen LogP contribution in [0, 0.1) is 6.92 Å². The molecule has 1 heterocycles. The van der Waals surface area contributed by atoms with Gasteiger partial charge in [-0.15, -0.1) is 0 Å². The van der Waals surface area contributed by atoms with E-state index >= 15 is 0 Å². The molecule has 160 valence electrons. The third-order valence-electron chi connectivity index (χ3n) is 4.77. The van der Waals surface area contributed by atoms with Crippen LogP contribution < -0.4 is 0 Å². The lowest BCUT2D eigenvalue weighted by atomic mass is 10.1. The predicted octanol–water partition coefficient (Wildman–Crippen LogP) is 0.958. The van der Waals surface area contributed by atoms with Gasteiger partial charge in [0.15, 0.2) is 0 Å². The molecule has 0 radical (unpaired) electrons. The van der Waals surface area contributed by atoms with Crippen molar-refractivity contribution in [2.45, 2.75) is 31.1 Å². The number of sulfonamides is 1. The van der Waals surface area contributed by atoms with Crippen molar-refractivity contribution >= 4 is 27.9 Å². The van der Waals surface area contributed by atoms with Crippen molar-refractivity contribution in [2.75, 3.05) is 40.4 Å². The summed E-state index contributed by atoms with van der Waals surface area (Å²) in [6, 6.07) is 4.29. The fraction of sp³-hybridized carbons (Fsp3) is 0.526. The fourth-order valence-corrected chi connectivity index (χ4v) is 4.60. The molecular formula is C19H26N2O7S. The summed E-state index contributed by atoms with van der Waals surface area (Å²) < 4.78 is 36.5. The molecule has 1 fully saturated rings. The molecular weight excluding hydrogens is 400 g/mol. The minimum absolute atomic E-state index is 0.00411. The number of aryl methyl sites for hydroxylation is 1. The number of nitrogens with zero attached hydrogens (tertiary/aromatic N) is 2. The standard InChI is InChI=1S/C19H26N2O7S/c1-14-7-8-15(29(25,26)21-9-5-4-6-10-21)11-16(14)19(24)20(12-17(22)27-2)13-18(23)28-3/h7-8,11H,4-6,9-10,12-13H2,1-3H3. The number of esters is 2. The Morgan fingerprint density at radius 2 is 1.55 bits per heavy atom. The molecule has 0 aliphatic carbocycles. The molecule has 9 nitrogen and oxygen atoms in total. The number of hydrogen-bond donors (Lipinski definition) is 0. The molecule has 29 heavy (non-hydrogen) atoms. The molecule has 0 N–H and O–H groups in total. The fourth-order valence-electron chi connectivity index (χ4n) is 3.06. The van der Waals surface area contributed by atoms with E-state index in [1.54, 1.807) is 13.0 Å². The van der Waals surface area contributed by atoms with Gasteiger partial charge in [-0.25, -0.2) is 8.42 Å². The van der Waals surface area contributed by atoms with Crippen molar-refractivity contribution in [3.05, 3.63) is 29.3 Å². The van der Waals surface area contributed by atoms with E-state index in [4.69, 9.17) is 0 Å². The van der Waals surface area contributed by atoms with Gasteiger partial charge in [0.25, 0.3) is 5.91 Å². The lowest BCUT2D eigenvalue weighted by molar-refractivity contribution is -0.144. The first-order valence-electron chi connectivity index (χ1n) is 9.24. The number of hydrogen-bond acceptors (Lipinski definition) is 7. The molecule has 1 aromatic carbocycles. The highest BCUT2D eigenvalue weighted by molar-refractivity contribution is 7.89. The number of benzene rings is 1. The van der Waals surface area contributed by atoms with Gasteiger partial charge >= 0.3 is 11.9 Å². The monoisotopic (exact) mass is 426 g/mol. The van der Waals surface area contributed by atoms with Crippen LogP contribution in [0.25, 0.3) is 0 Å². The van der Waals surface area contributed by atoms with Gasteiger partial charge in [-0.05, 0) is 37.5 Å². The second-order valence-corrected chi connectivity index (χ2v) is 8.69. The zero-order valence-electron chi connectivity index (χ0n) is 16.8. The Morgan fingerprint density at radius 1 is 1.00 bits per heavy atom. The predicted molar refractivity (Wildman–Crippen MR) is 104 cm³/mol. The number of ether oxygens (including phenoxy) is 2. The van der Waals surface area contributed by atoms with Crippen LogP contribution in [0.1, 0.15) is 35.2 Å². The molecule has 1 saturated heterocycles. The average Bonchev–Trinajstić information content (AvgIpc) is 2.73. The van der Waals surface area contributed by atoms with E-state index in [1.165, 1.54) is 30.7 Å². The van der Waals surface area contributed by atoms with Gasteiger partial charge in [-0.2, -0.15) is 4.31 Å². The largest absolute Gasteiger partial charge is 0.468 e. The summed E-state index contributed by atoms with van der Waals surface area (Å²) in [7, 11) is -1.40. The van der Waals surface area contributed by atoms with Crippen LogP contribution in [0.5, 0.6) is 0 Å². The van der Waals surface area contributed by atoms with Crippen molar-refractivity contribution in [3.8, 4) is 0 Å². The minimum Gasteiger partial charge on any atom is -0.468 e. The third kappa shape index (κ3) is 5.54. The third-order valence-corrected chi connectivity index (χ3v) is 6.67. The highest BCUT2D eigenvalue weighted by Gasteiger charge is 2.29. The van der Waals surface area contributed by atoms with Crippen LogP contribution in [-0.2, 0) is 29.1 Å². The summed E-state index contributed by atoms with van der Waals surface area (Å²) in [5, 5.41) is 0. The lowest BCUT2D eigenvalue weighted by Gasteiger charge is -2.26. The minimum atomic E-state index is -3.74. The van der Waals surface area contributed by atoms with Crippen LogP contribution in [-0.4, -0.2) is 75.9 Å². The molecule has 2 rings (SSSR count). The van der Waals surface area contributed by atoms with Crippen LogP contribution in [0.3, 0.4) is 0 Å². The second kappa shape index (κ2) is 9.84. The summed E-state index contributed by atoms with van der Waals surface area (Å²) in [5.41, 5.74) is 0.614. The Balaban J connectivity index is 2.38. The summed E-state index contributed by atoms with van der Waals surface area (Å²) in [4.78, 5) is 37.3. The molecule has 0 bridgehead atoms. The molecule has 0 atom stereocenters. The second-order valence-electron chi connectivity index (χ2n) is 6.75. The highest BCUT2D eigenvalue weighted by atomic mass is 32.2. The molecule has 0 aromatic heterocycles. The number of carbonyl (C=O) groups is 3. The number of rotatable bonds is 7. The van der Waals surface area contributed by atoms with E-state index in [2.05, 4.69) is 9.47 Å². The van der Waals surface area contributed by atoms with E-state index in [1.807, 2.05) is 0 Å². The molecule has 0 unspecified atom stereocenters. The van der Waals surface area contributed by atoms with Crippen molar-refractivity contribution < 1.29 is 32.3 Å². The Labute approximate surface area is 170 Å². The molecule has 10 heteroatoms. The first-order valence-corrected chi connectivity index (χ1v) is 10.7. The molecule has 0 spiro atoms. The first kappa shape index (κ1) is 22.8. The van der Waals surface area contributed by atoms with E-state index in [-0.39, 0.29) is 10.5 Å². The van der Waals surface area contributed by atoms with Crippen molar-refractivity contribution in [3.63, 3.8) is 0 Å². The molecule has 1 aliphatic rings. The van der Waals surface area contributed by atoms with Crippen LogP contribution >= 0.6 is 0 Å². The molecule has 0 saturated carbocycles. The quantitative estimate of drug-likeness (QED) is 0.597. The summed E-state index contributed by atoms with van der Waals surface area (Å²) in [6.45, 7) is 1.60. The van der Waals surface area contributed by atoms with Gasteiger partial charge < -0.3 is 14.4 Å². The summed E-state index contributed by atoms with van der Waals surface area (Å²) in [6.07, 6.45) is 2.57. The van der Waals surface area contributed by atoms with Crippen LogP contribution in [0.2, 0.25) is 0 Å².